The Balaban J connectivity index is 2.29. The summed E-state index contributed by atoms with van der Waals surface area (Å²) in [7, 11) is 0. The second kappa shape index (κ2) is 5.66. The van der Waals surface area contributed by atoms with Crippen LogP contribution in [0.2, 0.25) is 5.02 Å². The number of pyridine rings is 1. The SMILES string of the molecule is Fc1ccc(N[C@H](c2ccc(Cl)cn2)C(F)(F)F)cc1. The fraction of sp³-hybridized carbons (Fsp3) is 0.154. The Kier molecular flexibility index (Phi) is 4.13. The van der Waals surface area contributed by atoms with Crippen LogP contribution in [0.25, 0.3) is 0 Å². The van der Waals surface area contributed by atoms with E-state index in [-0.39, 0.29) is 16.4 Å². The third-order valence-electron chi connectivity index (χ3n) is 2.53. The number of benzene rings is 1. The summed E-state index contributed by atoms with van der Waals surface area (Å²) in [5.74, 6) is -0.524. The Labute approximate surface area is 117 Å². The maximum absolute atomic E-state index is 13.1. The lowest BCUT2D eigenvalue weighted by atomic mass is 10.1. The second-order valence-electron chi connectivity index (χ2n) is 4.03. The Morgan fingerprint density at radius 3 is 2.20 bits per heavy atom. The molecule has 0 saturated heterocycles. The summed E-state index contributed by atoms with van der Waals surface area (Å²) in [6, 6.07) is 5.13. The van der Waals surface area contributed by atoms with Crippen molar-refractivity contribution in [3.05, 3.63) is 59.1 Å². The van der Waals surface area contributed by atoms with Crippen LogP contribution >= 0.6 is 11.6 Å². The number of nitrogens with zero attached hydrogens (tertiary/aromatic N) is 1. The molecule has 0 spiro atoms. The van der Waals surface area contributed by atoms with Crippen LogP contribution in [0.15, 0.2) is 42.6 Å². The van der Waals surface area contributed by atoms with Gasteiger partial charge in [0.15, 0.2) is 6.04 Å². The Hall–Kier alpha value is -1.82. The van der Waals surface area contributed by atoms with Crippen LogP contribution in [0.1, 0.15) is 11.7 Å². The summed E-state index contributed by atoms with van der Waals surface area (Å²) >= 11 is 5.60. The van der Waals surface area contributed by atoms with Gasteiger partial charge in [-0.25, -0.2) is 4.39 Å². The lowest BCUT2D eigenvalue weighted by Crippen LogP contribution is -2.28. The van der Waals surface area contributed by atoms with Crippen LogP contribution in [0.4, 0.5) is 23.2 Å². The van der Waals surface area contributed by atoms with Crippen LogP contribution in [-0.2, 0) is 0 Å². The average molecular weight is 305 g/mol. The smallest absolute Gasteiger partial charge is 0.369 e. The van der Waals surface area contributed by atoms with E-state index in [1.165, 1.54) is 24.3 Å². The Bertz CT molecular complexity index is 566. The third kappa shape index (κ3) is 3.60. The van der Waals surface area contributed by atoms with Crippen molar-refractivity contribution in [1.82, 2.24) is 4.98 Å². The first-order chi connectivity index (χ1) is 9.36. The van der Waals surface area contributed by atoms with Crippen molar-refractivity contribution in [2.24, 2.45) is 0 Å². The number of halogens is 5. The van der Waals surface area contributed by atoms with E-state index in [1.807, 2.05) is 0 Å². The van der Waals surface area contributed by atoms with Gasteiger partial charge >= 0.3 is 6.18 Å². The molecule has 1 aromatic heterocycles. The van der Waals surface area contributed by atoms with E-state index >= 15 is 0 Å². The molecule has 1 atom stereocenters. The Morgan fingerprint density at radius 1 is 1.05 bits per heavy atom. The highest BCUT2D eigenvalue weighted by atomic mass is 35.5. The van der Waals surface area contributed by atoms with Gasteiger partial charge in [-0.05, 0) is 36.4 Å². The topological polar surface area (TPSA) is 24.9 Å². The van der Waals surface area contributed by atoms with Crippen LogP contribution in [0.5, 0.6) is 0 Å². The second-order valence-corrected chi connectivity index (χ2v) is 4.46. The van der Waals surface area contributed by atoms with E-state index in [1.54, 1.807) is 0 Å². The number of aromatic nitrogens is 1. The van der Waals surface area contributed by atoms with E-state index in [4.69, 9.17) is 11.6 Å². The molecule has 0 unspecified atom stereocenters. The predicted octanol–water partition coefficient (Wildman–Crippen LogP) is 4.59. The summed E-state index contributed by atoms with van der Waals surface area (Å²) in [6.45, 7) is 0. The fourth-order valence-corrected chi connectivity index (χ4v) is 1.71. The van der Waals surface area contributed by atoms with Gasteiger partial charge in [-0.15, -0.1) is 0 Å². The van der Waals surface area contributed by atoms with Crippen LogP contribution in [0.3, 0.4) is 0 Å². The van der Waals surface area contributed by atoms with Crippen LogP contribution in [-0.4, -0.2) is 11.2 Å². The molecule has 0 amide bonds. The lowest BCUT2D eigenvalue weighted by molar-refractivity contribution is -0.144. The molecule has 1 aromatic carbocycles. The summed E-state index contributed by atoms with van der Waals surface area (Å²) in [5.41, 5.74) is -0.0725. The monoisotopic (exact) mass is 304 g/mol. The van der Waals surface area contributed by atoms with Gasteiger partial charge in [0.2, 0.25) is 0 Å². The van der Waals surface area contributed by atoms with E-state index in [0.29, 0.717) is 0 Å². The van der Waals surface area contributed by atoms with Gasteiger partial charge in [-0.1, -0.05) is 11.6 Å². The maximum atomic E-state index is 13.1. The van der Waals surface area contributed by atoms with Crippen LogP contribution < -0.4 is 5.32 Å². The summed E-state index contributed by atoms with van der Waals surface area (Å²) < 4.78 is 51.9. The molecule has 1 N–H and O–H groups in total. The zero-order chi connectivity index (χ0) is 14.8. The van der Waals surface area contributed by atoms with Crippen molar-refractivity contribution in [3.8, 4) is 0 Å². The predicted molar refractivity (Wildman–Crippen MR) is 68.1 cm³/mol. The number of anilines is 1. The van der Waals surface area contributed by atoms with Gasteiger partial charge in [0, 0.05) is 11.9 Å². The molecule has 20 heavy (non-hydrogen) atoms. The molecule has 7 heteroatoms. The van der Waals surface area contributed by atoms with Crippen molar-refractivity contribution in [2.45, 2.75) is 12.2 Å². The van der Waals surface area contributed by atoms with Crippen molar-refractivity contribution in [1.29, 1.82) is 0 Å². The summed E-state index contributed by atoms with van der Waals surface area (Å²) in [5, 5.41) is 2.53. The highest BCUT2D eigenvalue weighted by molar-refractivity contribution is 6.30. The quantitative estimate of drug-likeness (QED) is 0.839. The molecular formula is C13H9ClF4N2. The van der Waals surface area contributed by atoms with Crippen molar-refractivity contribution >= 4 is 17.3 Å². The number of nitrogens with one attached hydrogen (secondary N) is 1. The minimum Gasteiger partial charge on any atom is -0.369 e. The molecule has 0 aliphatic carbocycles. The van der Waals surface area contributed by atoms with Gasteiger partial charge in [-0.2, -0.15) is 13.2 Å². The van der Waals surface area contributed by atoms with Gasteiger partial charge in [0.25, 0.3) is 0 Å². The third-order valence-corrected chi connectivity index (χ3v) is 2.75. The molecule has 0 aliphatic heterocycles. The molecule has 2 rings (SSSR count). The van der Waals surface area contributed by atoms with Gasteiger partial charge in [-0.3, -0.25) is 4.98 Å². The highest BCUT2D eigenvalue weighted by Crippen LogP contribution is 2.34. The normalized spacial score (nSPS) is 13.1. The molecular weight excluding hydrogens is 296 g/mol. The van der Waals surface area contributed by atoms with Gasteiger partial charge < -0.3 is 5.32 Å². The minimum atomic E-state index is -4.55. The average Bonchev–Trinajstić information content (AvgIpc) is 2.38. The molecule has 2 aromatic rings. The molecule has 0 aliphatic rings. The summed E-state index contributed by atoms with van der Waals surface area (Å²) in [4.78, 5) is 3.67. The van der Waals surface area contributed by atoms with E-state index < -0.39 is 18.0 Å². The van der Waals surface area contributed by atoms with E-state index in [9.17, 15) is 17.6 Å². The molecule has 0 fully saturated rings. The maximum Gasteiger partial charge on any atom is 0.414 e. The molecule has 106 valence electrons. The van der Waals surface area contributed by atoms with Crippen LogP contribution in [0, 0.1) is 5.82 Å². The number of alkyl halides is 3. The van der Waals surface area contributed by atoms with Crippen molar-refractivity contribution in [2.75, 3.05) is 5.32 Å². The first-order valence-electron chi connectivity index (χ1n) is 5.56. The largest absolute Gasteiger partial charge is 0.414 e. The number of rotatable bonds is 3. The van der Waals surface area contributed by atoms with Gasteiger partial charge in [0.05, 0.1) is 10.7 Å². The van der Waals surface area contributed by atoms with E-state index in [2.05, 4.69) is 10.3 Å². The zero-order valence-electron chi connectivity index (χ0n) is 9.96. The van der Waals surface area contributed by atoms with Gasteiger partial charge in [0.1, 0.15) is 5.82 Å². The molecule has 0 radical (unpaired) electrons. The first kappa shape index (κ1) is 14.6. The zero-order valence-corrected chi connectivity index (χ0v) is 10.7. The van der Waals surface area contributed by atoms with Crippen molar-refractivity contribution in [3.63, 3.8) is 0 Å². The highest BCUT2D eigenvalue weighted by Gasteiger charge is 2.41. The molecule has 2 nitrogen and oxygen atoms in total. The van der Waals surface area contributed by atoms with E-state index in [0.717, 1.165) is 18.3 Å². The number of hydrogen-bond donors (Lipinski definition) is 1. The van der Waals surface area contributed by atoms with Crippen molar-refractivity contribution < 1.29 is 17.6 Å². The molecule has 0 saturated carbocycles. The fourth-order valence-electron chi connectivity index (χ4n) is 1.59. The Morgan fingerprint density at radius 2 is 1.70 bits per heavy atom. The summed E-state index contributed by atoms with van der Waals surface area (Å²) in [6.07, 6.45) is -3.41. The minimum absolute atomic E-state index is 0.144. The molecule has 0 bridgehead atoms. The standard InChI is InChI=1S/C13H9ClF4N2/c14-8-1-6-11(19-7-8)12(13(16,17)18)20-10-4-2-9(15)3-5-10/h1-7,12,20H/t12-/m1/s1. The lowest BCUT2D eigenvalue weighted by Gasteiger charge is -2.22. The first-order valence-corrected chi connectivity index (χ1v) is 5.94. The molecule has 1 heterocycles. The number of hydrogen-bond acceptors (Lipinski definition) is 2.